The van der Waals surface area contributed by atoms with Crippen LogP contribution >= 0.6 is 11.3 Å². The van der Waals surface area contributed by atoms with E-state index < -0.39 is 0 Å². The number of nitrogens with one attached hydrogen (secondary N) is 1. The van der Waals surface area contributed by atoms with Gasteiger partial charge in [-0.2, -0.15) is 0 Å². The number of nitrogens with zero attached hydrogens (tertiary/aromatic N) is 2. The van der Waals surface area contributed by atoms with Crippen molar-refractivity contribution < 1.29 is 4.79 Å². The predicted octanol–water partition coefficient (Wildman–Crippen LogP) is 1.78. The molecular weight excluding hydrogens is 286 g/mol. The number of amides is 1. The number of aromatic nitrogens is 2. The van der Waals surface area contributed by atoms with Crippen molar-refractivity contribution in [3.63, 3.8) is 0 Å². The van der Waals surface area contributed by atoms with Crippen molar-refractivity contribution in [3.8, 4) is 0 Å². The third-order valence-corrected chi connectivity index (χ3v) is 4.67. The Bertz CT molecular complexity index is 666. The number of H-pyrrole nitrogens is 1. The van der Waals surface area contributed by atoms with Crippen LogP contribution in [0.15, 0.2) is 34.7 Å². The third kappa shape index (κ3) is 3.39. The van der Waals surface area contributed by atoms with Crippen LogP contribution < -0.4 is 5.56 Å². The first-order valence-electron chi connectivity index (χ1n) is 7.07. The molecule has 3 heterocycles. The van der Waals surface area contributed by atoms with Crippen molar-refractivity contribution in [3.05, 3.63) is 50.8 Å². The molecule has 2 aromatic heterocycles. The van der Waals surface area contributed by atoms with Crippen molar-refractivity contribution >= 4 is 17.2 Å². The topological polar surface area (TPSA) is 66.1 Å². The monoisotopic (exact) mass is 303 g/mol. The van der Waals surface area contributed by atoms with Crippen LogP contribution in [0.1, 0.15) is 29.3 Å². The van der Waals surface area contributed by atoms with Gasteiger partial charge in [-0.15, -0.1) is 11.3 Å². The lowest BCUT2D eigenvalue weighted by Gasteiger charge is -2.32. The highest BCUT2D eigenvalue weighted by molar-refractivity contribution is 7.10. The molecule has 1 aliphatic heterocycles. The van der Waals surface area contributed by atoms with Crippen LogP contribution in [0.5, 0.6) is 0 Å². The number of hydrogen-bond donors (Lipinski definition) is 1. The number of rotatable bonds is 3. The fourth-order valence-corrected chi connectivity index (χ4v) is 3.42. The van der Waals surface area contributed by atoms with Gasteiger partial charge >= 0.3 is 0 Å². The van der Waals surface area contributed by atoms with Crippen LogP contribution in [-0.4, -0.2) is 33.9 Å². The third-order valence-electron chi connectivity index (χ3n) is 3.80. The van der Waals surface area contributed by atoms with Gasteiger partial charge in [-0.25, -0.2) is 4.98 Å². The number of hydrogen-bond acceptors (Lipinski definition) is 4. The highest BCUT2D eigenvalue weighted by Crippen LogP contribution is 2.25. The lowest BCUT2D eigenvalue weighted by atomic mass is 9.94. The van der Waals surface area contributed by atoms with Crippen LogP contribution in [0.4, 0.5) is 0 Å². The van der Waals surface area contributed by atoms with Crippen molar-refractivity contribution in [2.45, 2.75) is 25.2 Å². The minimum atomic E-state index is -0.137. The zero-order valence-corrected chi connectivity index (χ0v) is 12.4. The molecule has 1 amide bonds. The maximum Gasteiger partial charge on any atom is 0.250 e. The molecule has 0 unspecified atom stereocenters. The van der Waals surface area contributed by atoms with E-state index in [4.69, 9.17) is 0 Å². The maximum absolute atomic E-state index is 12.4. The molecule has 0 bridgehead atoms. The van der Waals surface area contributed by atoms with Crippen molar-refractivity contribution in [1.29, 1.82) is 0 Å². The fraction of sp³-hybridized carbons (Fsp3) is 0.400. The number of aromatic amines is 1. The molecule has 2 aromatic rings. The van der Waals surface area contributed by atoms with Crippen molar-refractivity contribution in [2.75, 3.05) is 13.1 Å². The van der Waals surface area contributed by atoms with E-state index in [0.29, 0.717) is 13.0 Å². The summed E-state index contributed by atoms with van der Waals surface area (Å²) in [4.78, 5) is 33.5. The molecule has 1 N–H and O–H groups in total. The Morgan fingerprint density at radius 2 is 2.43 bits per heavy atom. The number of carbonyl (C=O) groups excluding carboxylic acids is 1. The Morgan fingerprint density at radius 3 is 3.19 bits per heavy atom. The van der Waals surface area contributed by atoms with E-state index in [2.05, 4.69) is 9.97 Å². The van der Waals surface area contributed by atoms with Gasteiger partial charge in [-0.05, 0) is 24.3 Å². The first-order valence-corrected chi connectivity index (χ1v) is 7.95. The van der Waals surface area contributed by atoms with Crippen LogP contribution in [0.2, 0.25) is 0 Å². The first kappa shape index (κ1) is 14.0. The van der Waals surface area contributed by atoms with E-state index in [1.165, 1.54) is 12.4 Å². The molecule has 1 atom stereocenters. The minimum Gasteiger partial charge on any atom is -0.342 e. The Kier molecular flexibility index (Phi) is 4.15. The highest BCUT2D eigenvalue weighted by Gasteiger charge is 2.25. The molecule has 5 nitrogen and oxygen atoms in total. The van der Waals surface area contributed by atoms with Gasteiger partial charge in [0.1, 0.15) is 0 Å². The van der Waals surface area contributed by atoms with Gasteiger partial charge in [0.15, 0.2) is 0 Å². The van der Waals surface area contributed by atoms with Crippen molar-refractivity contribution in [2.24, 2.45) is 0 Å². The molecule has 1 saturated heterocycles. The van der Waals surface area contributed by atoms with Crippen LogP contribution in [0, 0.1) is 0 Å². The summed E-state index contributed by atoms with van der Waals surface area (Å²) < 4.78 is 0. The summed E-state index contributed by atoms with van der Waals surface area (Å²) in [6.07, 6.45) is 3.83. The summed E-state index contributed by atoms with van der Waals surface area (Å²) in [5.74, 6) is 0.320. The second-order valence-corrected chi connectivity index (χ2v) is 6.30. The predicted molar refractivity (Wildman–Crippen MR) is 81.4 cm³/mol. The summed E-state index contributed by atoms with van der Waals surface area (Å²) in [7, 11) is 0. The second-order valence-electron chi connectivity index (χ2n) is 5.27. The normalized spacial score (nSPS) is 18.7. The smallest absolute Gasteiger partial charge is 0.250 e. The van der Waals surface area contributed by atoms with E-state index in [0.717, 1.165) is 30.0 Å². The molecular formula is C15H17N3O2S. The van der Waals surface area contributed by atoms with E-state index >= 15 is 0 Å². The molecule has 0 radical (unpaired) electrons. The quantitative estimate of drug-likeness (QED) is 0.940. The molecule has 0 aliphatic carbocycles. The zero-order valence-electron chi connectivity index (χ0n) is 11.6. The van der Waals surface area contributed by atoms with Gasteiger partial charge in [-0.3, -0.25) is 9.59 Å². The summed E-state index contributed by atoms with van der Waals surface area (Å²) in [5, 5.41) is 1.99. The number of likely N-dealkylation sites (tertiary alicyclic amines) is 1. The summed E-state index contributed by atoms with van der Waals surface area (Å²) in [6, 6.07) is 5.49. The van der Waals surface area contributed by atoms with Gasteiger partial charge in [0.2, 0.25) is 5.91 Å². The average Bonchev–Trinajstić information content (AvgIpc) is 3.00. The van der Waals surface area contributed by atoms with Gasteiger partial charge in [-0.1, -0.05) is 6.07 Å². The van der Waals surface area contributed by atoms with Crippen LogP contribution in [0.3, 0.4) is 0 Å². The Labute approximate surface area is 126 Å². The SMILES string of the molecule is O=C(Cc1cccs1)N1CCC[C@H](c2cc(=O)[nH]cn2)C1. The molecule has 0 aromatic carbocycles. The molecule has 110 valence electrons. The Hall–Kier alpha value is -1.95. The van der Waals surface area contributed by atoms with E-state index in [1.54, 1.807) is 11.3 Å². The van der Waals surface area contributed by atoms with Crippen LogP contribution in [0.25, 0.3) is 0 Å². The van der Waals surface area contributed by atoms with E-state index in [1.807, 2.05) is 22.4 Å². The Balaban J connectivity index is 1.68. The number of piperidine rings is 1. The lowest BCUT2D eigenvalue weighted by Crippen LogP contribution is -2.40. The van der Waals surface area contributed by atoms with Crippen LogP contribution in [-0.2, 0) is 11.2 Å². The number of carbonyl (C=O) groups is 1. The lowest BCUT2D eigenvalue weighted by molar-refractivity contribution is -0.131. The van der Waals surface area contributed by atoms with Gasteiger partial charge in [0.25, 0.3) is 5.56 Å². The summed E-state index contributed by atoms with van der Waals surface area (Å²) in [5.41, 5.74) is 0.648. The molecule has 0 spiro atoms. The summed E-state index contributed by atoms with van der Waals surface area (Å²) in [6.45, 7) is 1.45. The second kappa shape index (κ2) is 6.22. The minimum absolute atomic E-state index is 0.137. The van der Waals surface area contributed by atoms with E-state index in [-0.39, 0.29) is 17.4 Å². The number of thiophene rings is 1. The summed E-state index contributed by atoms with van der Waals surface area (Å²) >= 11 is 1.61. The Morgan fingerprint density at radius 1 is 1.52 bits per heavy atom. The molecule has 1 aliphatic rings. The van der Waals surface area contributed by atoms with E-state index in [9.17, 15) is 9.59 Å². The van der Waals surface area contributed by atoms with Gasteiger partial charge in [0.05, 0.1) is 18.4 Å². The standard InChI is InChI=1S/C15H17N3O2S/c19-14-8-13(16-10-17-14)11-3-1-5-18(9-11)15(20)7-12-4-2-6-21-12/h2,4,6,8,10-11H,1,3,5,7,9H2,(H,16,17,19)/t11-/m0/s1. The fourth-order valence-electron chi connectivity index (χ4n) is 2.73. The molecule has 1 fully saturated rings. The highest BCUT2D eigenvalue weighted by atomic mass is 32.1. The molecule has 3 rings (SSSR count). The largest absolute Gasteiger partial charge is 0.342 e. The van der Waals surface area contributed by atoms with Gasteiger partial charge < -0.3 is 9.88 Å². The first-order chi connectivity index (χ1) is 10.2. The van der Waals surface area contributed by atoms with Gasteiger partial charge in [0, 0.05) is 30.0 Å². The molecule has 21 heavy (non-hydrogen) atoms. The molecule has 0 saturated carbocycles. The molecule has 6 heteroatoms. The zero-order chi connectivity index (χ0) is 14.7. The average molecular weight is 303 g/mol. The maximum atomic E-state index is 12.4. The van der Waals surface area contributed by atoms with Crippen molar-refractivity contribution in [1.82, 2.24) is 14.9 Å².